The molecule has 0 aromatic heterocycles. The Kier molecular flexibility index (Phi) is 5.35. The molecule has 0 amide bonds. The Hall–Kier alpha value is -2.04. The zero-order valence-electron chi connectivity index (χ0n) is 13.4. The minimum Gasteiger partial charge on any atom is -0.493 e. The van der Waals surface area contributed by atoms with Crippen molar-refractivity contribution in [3.05, 3.63) is 17.7 Å². The number of esters is 1. The normalized spacial score (nSPS) is 11.0. The summed E-state index contributed by atoms with van der Waals surface area (Å²) in [5, 5.41) is 0. The first-order chi connectivity index (χ1) is 9.67. The van der Waals surface area contributed by atoms with Crippen molar-refractivity contribution < 1.29 is 23.8 Å². The molecule has 0 bridgehead atoms. The van der Waals surface area contributed by atoms with Crippen molar-refractivity contribution in [3.63, 3.8) is 0 Å². The van der Waals surface area contributed by atoms with E-state index in [9.17, 15) is 9.59 Å². The number of carbonyl (C=O) groups excluding carboxylic acids is 2. The third-order valence-corrected chi connectivity index (χ3v) is 2.76. The molecular formula is C16H22O5. The fourth-order valence-corrected chi connectivity index (χ4v) is 1.77. The highest BCUT2D eigenvalue weighted by molar-refractivity contribution is 5.95. The van der Waals surface area contributed by atoms with Gasteiger partial charge in [-0.1, -0.05) is 20.8 Å². The van der Waals surface area contributed by atoms with Gasteiger partial charge in [0.1, 0.15) is 0 Å². The Morgan fingerprint density at radius 3 is 1.86 bits per heavy atom. The van der Waals surface area contributed by atoms with Crippen LogP contribution in [-0.4, -0.2) is 26.0 Å². The second kappa shape index (κ2) is 6.61. The molecule has 21 heavy (non-hydrogen) atoms. The highest BCUT2D eigenvalue weighted by Crippen LogP contribution is 2.39. The summed E-state index contributed by atoms with van der Waals surface area (Å²) < 4.78 is 15.8. The molecule has 1 aromatic rings. The van der Waals surface area contributed by atoms with Crippen LogP contribution in [0.2, 0.25) is 0 Å². The first-order valence-corrected chi connectivity index (χ1v) is 6.65. The van der Waals surface area contributed by atoms with Crippen LogP contribution < -0.4 is 14.2 Å². The van der Waals surface area contributed by atoms with E-state index in [-0.39, 0.29) is 29.3 Å². The van der Waals surface area contributed by atoms with E-state index in [4.69, 9.17) is 14.2 Å². The summed E-state index contributed by atoms with van der Waals surface area (Å²) in [5.41, 5.74) is 0.246. The van der Waals surface area contributed by atoms with Crippen molar-refractivity contribution >= 4 is 11.8 Å². The Morgan fingerprint density at radius 1 is 1.05 bits per heavy atom. The molecule has 0 aliphatic heterocycles. The van der Waals surface area contributed by atoms with Gasteiger partial charge in [0, 0.05) is 5.56 Å². The van der Waals surface area contributed by atoms with E-state index in [0.29, 0.717) is 17.1 Å². The summed E-state index contributed by atoms with van der Waals surface area (Å²) in [7, 11) is 2.89. The van der Waals surface area contributed by atoms with Gasteiger partial charge in [-0.2, -0.15) is 0 Å². The van der Waals surface area contributed by atoms with Crippen molar-refractivity contribution in [2.24, 2.45) is 5.41 Å². The summed E-state index contributed by atoms with van der Waals surface area (Å²) in [4.78, 5) is 23.5. The van der Waals surface area contributed by atoms with E-state index in [1.807, 2.05) is 20.8 Å². The van der Waals surface area contributed by atoms with Gasteiger partial charge in [-0.15, -0.1) is 0 Å². The molecule has 0 radical (unpaired) electrons. The van der Waals surface area contributed by atoms with E-state index >= 15 is 0 Å². The topological polar surface area (TPSA) is 61.8 Å². The number of ether oxygens (including phenoxy) is 3. The maximum absolute atomic E-state index is 12.0. The number of ketones is 1. The molecule has 5 heteroatoms. The van der Waals surface area contributed by atoms with Gasteiger partial charge in [0.05, 0.1) is 20.6 Å². The van der Waals surface area contributed by atoms with Crippen molar-refractivity contribution in [2.45, 2.75) is 34.1 Å². The number of Topliss-reactive ketones (excluding diaryl/α,β-unsaturated/α-hetero) is 1. The standard InChI is InChI=1S/C16H22O5/c1-10(17)11-7-12(19-5)15(13(8-11)20-6)21-14(18)9-16(2,3)4/h7-8H,9H2,1-6H3. The van der Waals surface area contributed by atoms with Crippen LogP contribution in [0.1, 0.15) is 44.5 Å². The van der Waals surface area contributed by atoms with Crippen LogP contribution in [0.4, 0.5) is 0 Å². The van der Waals surface area contributed by atoms with Crippen molar-refractivity contribution in [1.29, 1.82) is 0 Å². The number of methoxy groups -OCH3 is 2. The number of benzene rings is 1. The second-order valence-electron chi connectivity index (χ2n) is 5.98. The molecule has 0 spiro atoms. The number of carbonyl (C=O) groups is 2. The molecular weight excluding hydrogens is 272 g/mol. The second-order valence-corrected chi connectivity index (χ2v) is 5.98. The lowest BCUT2D eigenvalue weighted by Gasteiger charge is -2.18. The molecule has 0 atom stereocenters. The summed E-state index contributed by atoms with van der Waals surface area (Å²) in [5.74, 6) is 0.275. The maximum Gasteiger partial charge on any atom is 0.311 e. The lowest BCUT2D eigenvalue weighted by atomic mass is 9.92. The molecule has 0 aliphatic carbocycles. The number of hydrogen-bond donors (Lipinski definition) is 0. The van der Waals surface area contributed by atoms with Crippen LogP contribution in [0.5, 0.6) is 17.2 Å². The quantitative estimate of drug-likeness (QED) is 0.474. The SMILES string of the molecule is COc1cc(C(C)=O)cc(OC)c1OC(=O)CC(C)(C)C. The molecule has 0 unspecified atom stereocenters. The van der Waals surface area contributed by atoms with E-state index in [2.05, 4.69) is 0 Å². The first kappa shape index (κ1) is 17.0. The summed E-state index contributed by atoms with van der Waals surface area (Å²) in [6.45, 7) is 7.28. The monoisotopic (exact) mass is 294 g/mol. The predicted octanol–water partition coefficient (Wildman–Crippen LogP) is 3.25. The lowest BCUT2D eigenvalue weighted by Crippen LogP contribution is -2.18. The van der Waals surface area contributed by atoms with Crippen LogP contribution >= 0.6 is 0 Å². The maximum atomic E-state index is 12.0. The van der Waals surface area contributed by atoms with Gasteiger partial charge in [0.15, 0.2) is 17.3 Å². The minimum atomic E-state index is -0.380. The zero-order chi connectivity index (χ0) is 16.2. The molecule has 1 rings (SSSR count). The Morgan fingerprint density at radius 2 is 1.52 bits per heavy atom. The van der Waals surface area contributed by atoms with Crippen LogP contribution in [-0.2, 0) is 4.79 Å². The van der Waals surface area contributed by atoms with Crippen molar-refractivity contribution in [1.82, 2.24) is 0 Å². The third-order valence-electron chi connectivity index (χ3n) is 2.76. The van der Waals surface area contributed by atoms with Gasteiger partial charge in [-0.05, 0) is 24.5 Å². The predicted molar refractivity (Wildman–Crippen MR) is 79.3 cm³/mol. The van der Waals surface area contributed by atoms with Gasteiger partial charge in [-0.3, -0.25) is 9.59 Å². The smallest absolute Gasteiger partial charge is 0.311 e. The molecule has 0 heterocycles. The average Bonchev–Trinajstić information content (AvgIpc) is 2.36. The molecule has 116 valence electrons. The fourth-order valence-electron chi connectivity index (χ4n) is 1.77. The third kappa shape index (κ3) is 4.77. The molecule has 0 N–H and O–H groups in total. The summed E-state index contributed by atoms with van der Waals surface area (Å²) in [6.07, 6.45) is 0.258. The molecule has 5 nitrogen and oxygen atoms in total. The first-order valence-electron chi connectivity index (χ1n) is 6.65. The number of rotatable bonds is 5. The van der Waals surface area contributed by atoms with Gasteiger partial charge in [-0.25, -0.2) is 0 Å². The fraction of sp³-hybridized carbons (Fsp3) is 0.500. The Bertz CT molecular complexity index is 515. The van der Waals surface area contributed by atoms with Crippen LogP contribution in [0.25, 0.3) is 0 Å². The lowest BCUT2D eigenvalue weighted by molar-refractivity contribution is -0.136. The zero-order valence-corrected chi connectivity index (χ0v) is 13.4. The molecule has 0 saturated carbocycles. The molecule has 1 aromatic carbocycles. The molecule has 0 fully saturated rings. The Labute approximate surface area is 125 Å². The van der Waals surface area contributed by atoms with Gasteiger partial charge < -0.3 is 14.2 Å². The Balaban J connectivity index is 3.16. The van der Waals surface area contributed by atoms with Crippen LogP contribution in [0, 0.1) is 5.41 Å². The molecule has 0 saturated heterocycles. The van der Waals surface area contributed by atoms with Crippen LogP contribution in [0.15, 0.2) is 12.1 Å². The summed E-state index contributed by atoms with van der Waals surface area (Å²) in [6, 6.07) is 3.06. The van der Waals surface area contributed by atoms with Gasteiger partial charge in [0.25, 0.3) is 0 Å². The highest BCUT2D eigenvalue weighted by atomic mass is 16.6. The van der Waals surface area contributed by atoms with E-state index in [0.717, 1.165) is 0 Å². The number of hydrogen-bond acceptors (Lipinski definition) is 5. The average molecular weight is 294 g/mol. The van der Waals surface area contributed by atoms with Gasteiger partial charge in [0.2, 0.25) is 5.75 Å². The van der Waals surface area contributed by atoms with Gasteiger partial charge >= 0.3 is 5.97 Å². The van der Waals surface area contributed by atoms with Crippen molar-refractivity contribution in [3.8, 4) is 17.2 Å². The minimum absolute atomic E-state index is 0.126. The van der Waals surface area contributed by atoms with E-state index in [1.54, 1.807) is 0 Å². The summed E-state index contributed by atoms with van der Waals surface area (Å²) >= 11 is 0. The van der Waals surface area contributed by atoms with Crippen molar-refractivity contribution in [2.75, 3.05) is 14.2 Å². The van der Waals surface area contributed by atoms with Crippen LogP contribution in [0.3, 0.4) is 0 Å². The van der Waals surface area contributed by atoms with E-state index < -0.39 is 0 Å². The molecule has 0 aliphatic rings. The largest absolute Gasteiger partial charge is 0.493 e. The highest BCUT2D eigenvalue weighted by Gasteiger charge is 2.22. The van der Waals surface area contributed by atoms with E-state index in [1.165, 1.54) is 33.3 Å².